The Kier molecular flexibility index (Phi) is 23.8. The Bertz CT molecular complexity index is 330. The van der Waals surface area contributed by atoms with E-state index < -0.39 is 10.8 Å². The van der Waals surface area contributed by atoms with E-state index in [1.807, 2.05) is 0 Å². The van der Waals surface area contributed by atoms with Crippen molar-refractivity contribution in [3.05, 3.63) is 0 Å². The Morgan fingerprint density at radius 1 is 0.500 bits per heavy atom. The van der Waals surface area contributed by atoms with Gasteiger partial charge in [0, 0.05) is 22.3 Å². The molecule has 0 bridgehead atoms. The molecular weight excluding hydrogens is 392 g/mol. The number of aliphatic hydroxyl groups is 2. The lowest BCUT2D eigenvalue weighted by atomic mass is 10.0. The summed E-state index contributed by atoms with van der Waals surface area (Å²) >= 11 is 0. The Morgan fingerprint density at radius 3 is 1.13 bits per heavy atom. The van der Waals surface area contributed by atoms with Gasteiger partial charge in [0.15, 0.2) is 0 Å². The van der Waals surface area contributed by atoms with Gasteiger partial charge in [-0.05, 0) is 25.7 Å². The predicted molar refractivity (Wildman–Crippen MR) is 134 cm³/mol. The van der Waals surface area contributed by atoms with E-state index >= 15 is 0 Å². The third kappa shape index (κ3) is 22.7. The second-order valence-electron chi connectivity index (χ2n) is 9.26. The third-order valence-electron chi connectivity index (χ3n) is 6.14. The second kappa shape index (κ2) is 23.7. The van der Waals surface area contributed by atoms with Gasteiger partial charge in [0.05, 0.1) is 12.2 Å². The van der Waals surface area contributed by atoms with Crippen molar-refractivity contribution in [2.24, 2.45) is 0 Å². The normalized spacial score (nSPS) is 14.7. The molecule has 0 aromatic carbocycles. The van der Waals surface area contributed by atoms with Crippen LogP contribution in [0.2, 0.25) is 0 Å². The molecule has 0 aromatic rings. The van der Waals surface area contributed by atoms with Crippen molar-refractivity contribution in [3.8, 4) is 0 Å². The number of unbranched alkanes of at least 4 members (excludes halogenated alkanes) is 14. The van der Waals surface area contributed by atoms with E-state index in [-0.39, 0.29) is 12.2 Å². The molecule has 0 heterocycles. The van der Waals surface area contributed by atoms with Crippen LogP contribution in [0.25, 0.3) is 0 Å². The maximum Gasteiger partial charge on any atom is 0.0549 e. The van der Waals surface area contributed by atoms with Crippen LogP contribution >= 0.6 is 0 Å². The second-order valence-corrected chi connectivity index (χ2v) is 11.0. The minimum absolute atomic E-state index is 0.309. The smallest absolute Gasteiger partial charge is 0.0549 e. The Balaban J connectivity index is 3.45. The molecule has 0 aliphatic rings. The van der Waals surface area contributed by atoms with E-state index in [1.165, 1.54) is 89.9 Å². The monoisotopic (exact) mass is 446 g/mol. The number of rotatable bonds is 24. The molecule has 0 aliphatic heterocycles. The minimum Gasteiger partial charge on any atom is -0.393 e. The fraction of sp³-hybridized carbons (Fsp3) is 1.00. The molecule has 0 aromatic heterocycles. The van der Waals surface area contributed by atoms with Gasteiger partial charge in [0.1, 0.15) is 0 Å². The molecular formula is C26H54O3S. The van der Waals surface area contributed by atoms with Gasteiger partial charge in [-0.25, -0.2) is 0 Å². The quantitative estimate of drug-likeness (QED) is 0.153. The van der Waals surface area contributed by atoms with Crippen LogP contribution in [0, 0.1) is 0 Å². The van der Waals surface area contributed by atoms with E-state index in [4.69, 9.17) is 0 Å². The molecule has 30 heavy (non-hydrogen) atoms. The summed E-state index contributed by atoms with van der Waals surface area (Å²) in [5, 5.41) is 20.2. The van der Waals surface area contributed by atoms with Crippen molar-refractivity contribution in [2.45, 2.75) is 154 Å². The van der Waals surface area contributed by atoms with Crippen molar-refractivity contribution in [1.29, 1.82) is 0 Å². The van der Waals surface area contributed by atoms with Crippen LogP contribution in [-0.2, 0) is 10.8 Å². The van der Waals surface area contributed by atoms with Gasteiger partial charge in [0.2, 0.25) is 0 Å². The summed E-state index contributed by atoms with van der Waals surface area (Å²) in [7, 11) is -0.909. The zero-order valence-electron chi connectivity index (χ0n) is 20.4. The lowest BCUT2D eigenvalue weighted by molar-refractivity contribution is 0.156. The van der Waals surface area contributed by atoms with E-state index in [0.717, 1.165) is 25.7 Å². The lowest BCUT2D eigenvalue weighted by Gasteiger charge is -2.12. The average molecular weight is 447 g/mol. The van der Waals surface area contributed by atoms with E-state index in [0.29, 0.717) is 24.3 Å². The summed E-state index contributed by atoms with van der Waals surface area (Å²) in [5.74, 6) is 1.14. The number of hydrogen-bond donors (Lipinski definition) is 2. The highest BCUT2D eigenvalue weighted by atomic mass is 32.2. The first-order valence-electron chi connectivity index (χ1n) is 13.3. The molecule has 0 rings (SSSR count). The van der Waals surface area contributed by atoms with Crippen LogP contribution in [0.4, 0.5) is 0 Å². The molecule has 2 unspecified atom stereocenters. The molecule has 0 spiro atoms. The van der Waals surface area contributed by atoms with Crippen LogP contribution < -0.4 is 0 Å². The van der Waals surface area contributed by atoms with Gasteiger partial charge in [-0.3, -0.25) is 4.21 Å². The van der Waals surface area contributed by atoms with Crippen molar-refractivity contribution >= 4 is 10.8 Å². The van der Waals surface area contributed by atoms with Gasteiger partial charge in [-0.15, -0.1) is 0 Å². The summed E-state index contributed by atoms with van der Waals surface area (Å²) in [6, 6.07) is 0. The van der Waals surface area contributed by atoms with Crippen molar-refractivity contribution in [3.63, 3.8) is 0 Å². The van der Waals surface area contributed by atoms with Crippen LogP contribution in [-0.4, -0.2) is 38.1 Å². The molecule has 0 aliphatic carbocycles. The number of aliphatic hydroxyl groups excluding tert-OH is 2. The first kappa shape index (κ1) is 30.1. The zero-order chi connectivity index (χ0) is 22.3. The number of hydrogen-bond acceptors (Lipinski definition) is 3. The molecule has 0 amide bonds. The first-order valence-corrected chi connectivity index (χ1v) is 14.8. The highest BCUT2D eigenvalue weighted by Gasteiger charge is 2.10. The molecule has 3 nitrogen and oxygen atoms in total. The molecule has 0 radical (unpaired) electrons. The summed E-state index contributed by atoms with van der Waals surface area (Å²) in [5.41, 5.74) is 0. The average Bonchev–Trinajstić information content (AvgIpc) is 2.74. The molecule has 0 fully saturated rings. The highest BCUT2D eigenvalue weighted by molar-refractivity contribution is 7.84. The topological polar surface area (TPSA) is 57.5 Å². The standard InChI is InChI=1S/C26H54O3S/c1-3-5-7-9-11-13-15-17-19-25(27)21-23-30(29)24-22-26(28)20-18-16-14-12-10-8-6-4-2/h25-28H,3-24H2,1-2H3. The zero-order valence-corrected chi connectivity index (χ0v) is 21.2. The summed E-state index contributed by atoms with van der Waals surface area (Å²) in [6.45, 7) is 4.49. The largest absolute Gasteiger partial charge is 0.393 e. The summed E-state index contributed by atoms with van der Waals surface area (Å²) < 4.78 is 12.1. The lowest BCUT2D eigenvalue weighted by Crippen LogP contribution is -2.16. The molecule has 0 saturated carbocycles. The predicted octanol–water partition coefficient (Wildman–Crippen LogP) is 7.30. The van der Waals surface area contributed by atoms with Gasteiger partial charge in [-0.1, -0.05) is 117 Å². The minimum atomic E-state index is -0.909. The molecule has 182 valence electrons. The van der Waals surface area contributed by atoms with Crippen molar-refractivity contribution in [2.75, 3.05) is 11.5 Å². The third-order valence-corrected chi connectivity index (χ3v) is 7.52. The Labute approximate surface area is 191 Å². The van der Waals surface area contributed by atoms with Gasteiger partial charge in [-0.2, -0.15) is 0 Å². The maximum atomic E-state index is 12.1. The molecule has 4 heteroatoms. The molecule has 2 N–H and O–H groups in total. The first-order chi connectivity index (χ1) is 14.6. The van der Waals surface area contributed by atoms with Crippen molar-refractivity contribution in [1.82, 2.24) is 0 Å². The van der Waals surface area contributed by atoms with E-state index in [1.54, 1.807) is 0 Å². The maximum absolute atomic E-state index is 12.1. The van der Waals surface area contributed by atoms with Gasteiger partial charge >= 0.3 is 0 Å². The molecule has 2 atom stereocenters. The Hall–Kier alpha value is 0.0700. The highest BCUT2D eigenvalue weighted by Crippen LogP contribution is 2.14. The van der Waals surface area contributed by atoms with Crippen LogP contribution in [0.3, 0.4) is 0 Å². The van der Waals surface area contributed by atoms with Crippen LogP contribution in [0.15, 0.2) is 0 Å². The summed E-state index contributed by atoms with van der Waals surface area (Å²) in [6.07, 6.45) is 22.8. The van der Waals surface area contributed by atoms with Crippen LogP contribution in [0.1, 0.15) is 142 Å². The SMILES string of the molecule is CCCCCCCCCCC(O)CCS(=O)CCC(O)CCCCCCCCCC. The van der Waals surface area contributed by atoms with Crippen LogP contribution in [0.5, 0.6) is 0 Å². The molecule has 0 saturated heterocycles. The fourth-order valence-electron chi connectivity index (χ4n) is 3.95. The fourth-order valence-corrected chi connectivity index (χ4v) is 5.23. The summed E-state index contributed by atoms with van der Waals surface area (Å²) in [4.78, 5) is 0. The van der Waals surface area contributed by atoms with Gasteiger partial charge in [0.25, 0.3) is 0 Å². The van der Waals surface area contributed by atoms with Crippen molar-refractivity contribution < 1.29 is 14.4 Å². The van der Waals surface area contributed by atoms with E-state index in [9.17, 15) is 14.4 Å². The Morgan fingerprint density at radius 2 is 0.800 bits per heavy atom. The van der Waals surface area contributed by atoms with E-state index in [2.05, 4.69) is 13.8 Å². The van der Waals surface area contributed by atoms with Gasteiger partial charge < -0.3 is 10.2 Å².